The molecule has 1 aromatic heterocycles. The fourth-order valence-electron chi connectivity index (χ4n) is 3.22. The number of hydrogen-bond acceptors (Lipinski definition) is 2. The minimum atomic E-state index is -0.432. The summed E-state index contributed by atoms with van der Waals surface area (Å²) in [5.74, 6) is 0.347. The number of rotatable bonds is 4. The van der Waals surface area contributed by atoms with Crippen LogP contribution in [0.1, 0.15) is 25.3 Å². The van der Waals surface area contributed by atoms with Crippen LogP contribution in [-0.4, -0.2) is 4.98 Å². The number of hydrogen-bond donors (Lipinski definition) is 1. The molecule has 29 heavy (non-hydrogen) atoms. The lowest BCUT2D eigenvalue weighted by atomic mass is 9.98. The van der Waals surface area contributed by atoms with Crippen LogP contribution in [0.3, 0.4) is 0 Å². The molecule has 0 bridgehead atoms. The number of H-pyrrole nitrogens is 1. The molecule has 4 rings (SSSR count). The van der Waals surface area contributed by atoms with Crippen molar-refractivity contribution in [3.8, 4) is 22.6 Å². The molecule has 0 atom stereocenters. The van der Waals surface area contributed by atoms with Crippen LogP contribution in [0.4, 0.5) is 4.39 Å². The molecule has 4 aromatic rings. The highest BCUT2D eigenvalue weighted by molar-refractivity contribution is 6.34. The average Bonchev–Trinajstić information content (AvgIpc) is 2.70. The van der Waals surface area contributed by atoms with E-state index in [4.69, 9.17) is 16.3 Å². The van der Waals surface area contributed by atoms with Crippen LogP contribution in [0, 0.1) is 5.82 Å². The fourth-order valence-corrected chi connectivity index (χ4v) is 3.50. The number of halogens is 2. The standard InChI is InChI=1S/C24H19ClFNO2/c1-14(2)15-6-8-16(9-7-15)19-11-20-22(12-21(19)25)27-13-23(24(20)28)29-18-5-3-4-17(26)10-18/h3-14H,1-2H3,(H,27,28). The van der Waals surface area contributed by atoms with Gasteiger partial charge in [-0.25, -0.2) is 4.39 Å². The molecule has 3 nitrogen and oxygen atoms in total. The van der Waals surface area contributed by atoms with Crippen LogP contribution < -0.4 is 10.2 Å². The van der Waals surface area contributed by atoms with Crippen molar-refractivity contribution in [2.45, 2.75) is 19.8 Å². The summed E-state index contributed by atoms with van der Waals surface area (Å²) >= 11 is 6.48. The van der Waals surface area contributed by atoms with E-state index >= 15 is 0 Å². The van der Waals surface area contributed by atoms with Crippen molar-refractivity contribution in [3.63, 3.8) is 0 Å². The second-order valence-electron chi connectivity index (χ2n) is 7.20. The quantitative estimate of drug-likeness (QED) is 0.399. The van der Waals surface area contributed by atoms with Gasteiger partial charge in [0.25, 0.3) is 0 Å². The van der Waals surface area contributed by atoms with Crippen LogP contribution in [0.5, 0.6) is 11.5 Å². The Bertz CT molecular complexity index is 1250. The second kappa shape index (κ2) is 7.72. The van der Waals surface area contributed by atoms with Crippen molar-refractivity contribution < 1.29 is 9.13 Å². The molecule has 0 amide bonds. The molecule has 0 saturated carbocycles. The Morgan fingerprint density at radius 3 is 2.48 bits per heavy atom. The van der Waals surface area contributed by atoms with Crippen molar-refractivity contribution in [2.24, 2.45) is 0 Å². The normalized spacial score (nSPS) is 11.2. The number of aromatic amines is 1. The van der Waals surface area contributed by atoms with E-state index in [1.54, 1.807) is 18.2 Å². The van der Waals surface area contributed by atoms with E-state index < -0.39 is 5.82 Å². The van der Waals surface area contributed by atoms with Gasteiger partial charge in [-0.3, -0.25) is 4.79 Å². The van der Waals surface area contributed by atoms with E-state index in [0.717, 1.165) is 11.1 Å². The summed E-state index contributed by atoms with van der Waals surface area (Å²) in [5.41, 5.74) is 3.24. The highest BCUT2D eigenvalue weighted by Crippen LogP contribution is 2.32. The Hall–Kier alpha value is -3.11. The summed E-state index contributed by atoms with van der Waals surface area (Å²) in [6.45, 7) is 4.27. The van der Waals surface area contributed by atoms with E-state index in [0.29, 0.717) is 21.8 Å². The summed E-state index contributed by atoms with van der Waals surface area (Å²) in [5, 5.41) is 0.996. The third-order valence-corrected chi connectivity index (χ3v) is 5.16. The second-order valence-corrected chi connectivity index (χ2v) is 7.60. The summed E-state index contributed by atoms with van der Waals surface area (Å²) < 4.78 is 19.0. The van der Waals surface area contributed by atoms with Crippen molar-refractivity contribution in [1.82, 2.24) is 4.98 Å². The smallest absolute Gasteiger partial charge is 0.231 e. The van der Waals surface area contributed by atoms with Crippen LogP contribution in [0.2, 0.25) is 5.02 Å². The minimum Gasteiger partial charge on any atom is -0.452 e. The lowest BCUT2D eigenvalue weighted by Crippen LogP contribution is -2.06. The average molecular weight is 408 g/mol. The van der Waals surface area contributed by atoms with Crippen molar-refractivity contribution in [2.75, 3.05) is 0 Å². The topological polar surface area (TPSA) is 42.1 Å². The molecule has 0 aliphatic heterocycles. The van der Waals surface area contributed by atoms with Gasteiger partial charge in [0.2, 0.25) is 5.43 Å². The molecule has 0 saturated heterocycles. The van der Waals surface area contributed by atoms with Gasteiger partial charge in [0.05, 0.1) is 15.9 Å². The molecular formula is C24H19ClFNO2. The maximum atomic E-state index is 13.4. The minimum absolute atomic E-state index is 0.0894. The van der Waals surface area contributed by atoms with E-state index in [-0.39, 0.29) is 16.9 Å². The third-order valence-electron chi connectivity index (χ3n) is 4.85. The molecule has 0 aliphatic rings. The zero-order chi connectivity index (χ0) is 20.5. The van der Waals surface area contributed by atoms with E-state index in [1.807, 2.05) is 12.1 Å². The van der Waals surface area contributed by atoms with Crippen LogP contribution >= 0.6 is 11.6 Å². The predicted octanol–water partition coefficient (Wildman–Crippen LogP) is 6.90. The maximum absolute atomic E-state index is 13.4. The molecule has 0 spiro atoms. The molecule has 3 aromatic carbocycles. The van der Waals surface area contributed by atoms with Crippen LogP contribution in [0.15, 0.2) is 71.7 Å². The SMILES string of the molecule is CC(C)c1ccc(-c2cc3c(=O)c(Oc4cccc(F)c4)c[nH]c3cc2Cl)cc1. The van der Waals surface area contributed by atoms with Crippen LogP contribution in [-0.2, 0) is 0 Å². The number of ether oxygens (including phenoxy) is 1. The van der Waals surface area contributed by atoms with Gasteiger partial charge in [-0.05, 0) is 41.3 Å². The Kier molecular flexibility index (Phi) is 5.12. The summed E-state index contributed by atoms with van der Waals surface area (Å²) in [6, 6.07) is 17.3. The number of benzene rings is 3. The first-order chi connectivity index (χ1) is 13.9. The molecule has 0 unspecified atom stereocenters. The number of aromatic nitrogens is 1. The Morgan fingerprint density at radius 1 is 1.03 bits per heavy atom. The van der Waals surface area contributed by atoms with E-state index in [9.17, 15) is 9.18 Å². The Labute approximate surface area is 172 Å². The molecule has 0 aliphatic carbocycles. The van der Waals surface area contributed by atoms with Crippen molar-refractivity contribution in [1.29, 1.82) is 0 Å². The van der Waals surface area contributed by atoms with Gasteiger partial charge in [0, 0.05) is 17.8 Å². The number of nitrogens with one attached hydrogen (secondary N) is 1. The largest absolute Gasteiger partial charge is 0.452 e. The molecule has 0 radical (unpaired) electrons. The van der Waals surface area contributed by atoms with Gasteiger partial charge >= 0.3 is 0 Å². The zero-order valence-electron chi connectivity index (χ0n) is 16.0. The highest BCUT2D eigenvalue weighted by Gasteiger charge is 2.13. The van der Waals surface area contributed by atoms with Crippen molar-refractivity contribution >= 4 is 22.5 Å². The molecule has 5 heteroatoms. The first-order valence-corrected chi connectivity index (χ1v) is 9.69. The predicted molar refractivity (Wildman–Crippen MR) is 116 cm³/mol. The molecule has 0 fully saturated rings. The van der Waals surface area contributed by atoms with Crippen LogP contribution in [0.25, 0.3) is 22.0 Å². The van der Waals surface area contributed by atoms with Gasteiger partial charge in [-0.15, -0.1) is 0 Å². The maximum Gasteiger partial charge on any atom is 0.231 e. The fraction of sp³-hybridized carbons (Fsp3) is 0.125. The van der Waals surface area contributed by atoms with Gasteiger partial charge in [-0.1, -0.05) is 55.8 Å². The molecule has 1 N–H and O–H groups in total. The van der Waals surface area contributed by atoms with E-state index in [1.165, 1.54) is 30.0 Å². The molecule has 146 valence electrons. The lowest BCUT2D eigenvalue weighted by molar-refractivity contribution is 0.471. The van der Waals surface area contributed by atoms with E-state index in [2.05, 4.69) is 31.0 Å². The zero-order valence-corrected chi connectivity index (χ0v) is 16.8. The third kappa shape index (κ3) is 3.89. The summed E-state index contributed by atoms with van der Waals surface area (Å²) in [7, 11) is 0. The molecular weight excluding hydrogens is 389 g/mol. The van der Waals surface area contributed by atoms with Gasteiger partial charge < -0.3 is 9.72 Å². The number of fused-ring (bicyclic) bond motifs is 1. The van der Waals surface area contributed by atoms with Gasteiger partial charge in [0.1, 0.15) is 11.6 Å². The first kappa shape index (κ1) is 19.2. The Balaban J connectivity index is 1.78. The summed E-state index contributed by atoms with van der Waals surface area (Å²) in [4.78, 5) is 16.0. The summed E-state index contributed by atoms with van der Waals surface area (Å²) in [6.07, 6.45) is 1.46. The molecule has 1 heterocycles. The van der Waals surface area contributed by atoms with Gasteiger partial charge in [-0.2, -0.15) is 0 Å². The monoisotopic (exact) mass is 407 g/mol. The first-order valence-electron chi connectivity index (χ1n) is 9.31. The number of pyridine rings is 1. The highest BCUT2D eigenvalue weighted by atomic mass is 35.5. The lowest BCUT2D eigenvalue weighted by Gasteiger charge is -2.11. The van der Waals surface area contributed by atoms with Gasteiger partial charge in [0.15, 0.2) is 5.75 Å². The Morgan fingerprint density at radius 2 is 1.79 bits per heavy atom. The van der Waals surface area contributed by atoms with Crippen molar-refractivity contribution in [3.05, 3.63) is 93.5 Å².